The Balaban J connectivity index is 3.16. The van der Waals surface area contributed by atoms with Crippen molar-refractivity contribution < 1.29 is 0 Å². The van der Waals surface area contributed by atoms with Crippen LogP contribution in [-0.2, 0) is 0 Å². The molecule has 0 amide bonds. The van der Waals surface area contributed by atoms with Crippen molar-refractivity contribution in [2.45, 2.75) is 26.7 Å². The third-order valence-corrected chi connectivity index (χ3v) is 1.09. The zero-order chi connectivity index (χ0) is 7.11. The van der Waals surface area contributed by atoms with Gasteiger partial charge in [-0.3, -0.25) is 0 Å². The molecule has 0 N–H and O–H groups in total. The average molecular weight is 145 g/mol. The van der Waals surface area contributed by atoms with Crippen LogP contribution in [0.25, 0.3) is 0 Å². The highest BCUT2D eigenvalue weighted by Gasteiger charge is 1.81. The first-order chi connectivity index (χ1) is 4.27. The second-order valence-electron chi connectivity index (χ2n) is 2.27. The van der Waals surface area contributed by atoms with Crippen LogP contribution < -0.4 is 0 Å². The van der Waals surface area contributed by atoms with Crippen LogP contribution in [0.3, 0.4) is 0 Å². The number of rotatable bonds is 2. The van der Waals surface area contributed by atoms with Gasteiger partial charge in [-0.1, -0.05) is 13.8 Å². The van der Waals surface area contributed by atoms with Crippen molar-refractivity contribution in [2.75, 3.05) is 5.88 Å². The lowest BCUT2D eigenvalue weighted by molar-refractivity contribution is 0.861. The molecule has 0 unspecified atom stereocenters. The summed E-state index contributed by atoms with van der Waals surface area (Å²) in [6.45, 7) is 4.18. The van der Waals surface area contributed by atoms with Crippen molar-refractivity contribution in [3.05, 3.63) is 0 Å². The van der Waals surface area contributed by atoms with Gasteiger partial charge in [0.25, 0.3) is 0 Å². The first-order valence-electron chi connectivity index (χ1n) is 3.31. The fourth-order valence-corrected chi connectivity index (χ4v) is 0.565. The Labute approximate surface area is 62.6 Å². The highest BCUT2D eigenvalue weighted by molar-refractivity contribution is 6.17. The summed E-state index contributed by atoms with van der Waals surface area (Å²) in [5.41, 5.74) is 0. The van der Waals surface area contributed by atoms with E-state index in [1.165, 1.54) is 0 Å². The molecule has 0 bridgehead atoms. The van der Waals surface area contributed by atoms with Gasteiger partial charge >= 0.3 is 0 Å². The van der Waals surface area contributed by atoms with Gasteiger partial charge in [0.05, 0.1) is 0 Å². The SMILES string of the molecule is CC(C)C#CCCCCl. The molecule has 0 aliphatic rings. The van der Waals surface area contributed by atoms with Crippen molar-refractivity contribution in [3.63, 3.8) is 0 Å². The molecule has 0 radical (unpaired) electrons. The summed E-state index contributed by atoms with van der Waals surface area (Å²) in [5, 5.41) is 0. The lowest BCUT2D eigenvalue weighted by Crippen LogP contribution is -1.78. The van der Waals surface area contributed by atoms with E-state index in [9.17, 15) is 0 Å². The van der Waals surface area contributed by atoms with Crippen LogP contribution in [0.5, 0.6) is 0 Å². The molecule has 0 aromatic rings. The number of halogens is 1. The fraction of sp³-hybridized carbons (Fsp3) is 0.750. The Morgan fingerprint density at radius 3 is 2.56 bits per heavy atom. The van der Waals surface area contributed by atoms with Crippen molar-refractivity contribution >= 4 is 11.6 Å². The summed E-state index contributed by atoms with van der Waals surface area (Å²) in [6, 6.07) is 0. The third kappa shape index (κ3) is 7.85. The molecule has 0 atom stereocenters. The summed E-state index contributed by atoms with van der Waals surface area (Å²) in [5.74, 6) is 7.35. The van der Waals surface area contributed by atoms with Gasteiger partial charge in [-0.2, -0.15) is 0 Å². The average Bonchev–Trinajstić information content (AvgIpc) is 1.80. The maximum atomic E-state index is 5.45. The molecule has 0 aliphatic heterocycles. The van der Waals surface area contributed by atoms with Gasteiger partial charge in [0.15, 0.2) is 0 Å². The minimum Gasteiger partial charge on any atom is -0.127 e. The van der Waals surface area contributed by atoms with Crippen LogP contribution in [-0.4, -0.2) is 5.88 Å². The van der Waals surface area contributed by atoms with Crippen LogP contribution in [0.15, 0.2) is 0 Å². The highest BCUT2D eigenvalue weighted by atomic mass is 35.5. The predicted octanol–water partition coefficient (Wildman–Crippen LogP) is 2.66. The van der Waals surface area contributed by atoms with E-state index in [2.05, 4.69) is 25.7 Å². The van der Waals surface area contributed by atoms with Crippen LogP contribution in [0.4, 0.5) is 0 Å². The van der Waals surface area contributed by atoms with Crippen LogP contribution >= 0.6 is 11.6 Å². The standard InChI is InChI=1S/C8H13Cl/c1-8(2)6-4-3-5-7-9/h8H,3,5,7H2,1-2H3. The van der Waals surface area contributed by atoms with Crippen LogP contribution in [0, 0.1) is 17.8 Å². The molecule has 0 aliphatic carbocycles. The van der Waals surface area contributed by atoms with Gasteiger partial charge < -0.3 is 0 Å². The largest absolute Gasteiger partial charge is 0.127 e. The molecule has 0 saturated carbocycles. The Hall–Kier alpha value is -0.150. The van der Waals surface area contributed by atoms with Gasteiger partial charge in [-0.15, -0.1) is 23.4 Å². The zero-order valence-corrected chi connectivity index (χ0v) is 6.83. The van der Waals surface area contributed by atoms with Gasteiger partial charge in [0, 0.05) is 18.2 Å². The lowest BCUT2D eigenvalue weighted by atomic mass is 10.2. The Morgan fingerprint density at radius 1 is 1.44 bits per heavy atom. The van der Waals surface area contributed by atoms with E-state index in [-0.39, 0.29) is 0 Å². The molecular formula is C8H13Cl. The van der Waals surface area contributed by atoms with Gasteiger partial charge in [-0.25, -0.2) is 0 Å². The van der Waals surface area contributed by atoms with Gasteiger partial charge in [0.2, 0.25) is 0 Å². The maximum Gasteiger partial charge on any atom is 0.0232 e. The molecule has 1 heteroatoms. The molecule has 0 rings (SSSR count). The second-order valence-corrected chi connectivity index (χ2v) is 2.65. The van der Waals surface area contributed by atoms with Crippen molar-refractivity contribution in [3.8, 4) is 11.8 Å². The van der Waals surface area contributed by atoms with Crippen LogP contribution in [0.2, 0.25) is 0 Å². The Morgan fingerprint density at radius 2 is 2.11 bits per heavy atom. The van der Waals surface area contributed by atoms with E-state index in [1.807, 2.05) is 0 Å². The van der Waals surface area contributed by atoms with E-state index in [1.54, 1.807) is 0 Å². The maximum absolute atomic E-state index is 5.45. The molecule has 0 fully saturated rings. The highest BCUT2D eigenvalue weighted by Crippen LogP contribution is 1.91. The first kappa shape index (κ1) is 8.85. The predicted molar refractivity (Wildman–Crippen MR) is 42.6 cm³/mol. The summed E-state index contributed by atoms with van der Waals surface area (Å²) < 4.78 is 0. The minimum absolute atomic E-state index is 0.500. The van der Waals surface area contributed by atoms with Crippen molar-refractivity contribution in [1.82, 2.24) is 0 Å². The summed E-state index contributed by atoms with van der Waals surface area (Å²) in [4.78, 5) is 0. The van der Waals surface area contributed by atoms with E-state index < -0.39 is 0 Å². The molecule has 0 aromatic heterocycles. The summed E-state index contributed by atoms with van der Waals surface area (Å²) in [7, 11) is 0. The first-order valence-corrected chi connectivity index (χ1v) is 3.85. The zero-order valence-electron chi connectivity index (χ0n) is 6.08. The summed E-state index contributed by atoms with van der Waals surface area (Å²) >= 11 is 5.45. The number of hydrogen-bond acceptors (Lipinski definition) is 0. The molecular weight excluding hydrogens is 132 g/mol. The number of alkyl halides is 1. The topological polar surface area (TPSA) is 0 Å². The Kier molecular flexibility index (Phi) is 5.88. The number of hydrogen-bond donors (Lipinski definition) is 0. The van der Waals surface area contributed by atoms with E-state index in [4.69, 9.17) is 11.6 Å². The van der Waals surface area contributed by atoms with Crippen LogP contribution in [0.1, 0.15) is 26.7 Å². The summed E-state index contributed by atoms with van der Waals surface area (Å²) in [6.07, 6.45) is 1.96. The molecule has 9 heavy (non-hydrogen) atoms. The second kappa shape index (κ2) is 5.98. The van der Waals surface area contributed by atoms with Crippen molar-refractivity contribution in [2.24, 2.45) is 5.92 Å². The van der Waals surface area contributed by atoms with Gasteiger partial charge in [0.1, 0.15) is 0 Å². The Bertz CT molecular complexity index is 105. The lowest BCUT2D eigenvalue weighted by Gasteiger charge is -1.86. The number of unbranched alkanes of at least 4 members (excludes halogenated alkanes) is 1. The molecule has 0 nitrogen and oxygen atoms in total. The monoisotopic (exact) mass is 144 g/mol. The van der Waals surface area contributed by atoms with Crippen molar-refractivity contribution in [1.29, 1.82) is 0 Å². The molecule has 0 aromatic carbocycles. The molecule has 0 heterocycles. The van der Waals surface area contributed by atoms with E-state index in [0.29, 0.717) is 5.92 Å². The quantitative estimate of drug-likeness (QED) is 0.318. The molecule has 52 valence electrons. The van der Waals surface area contributed by atoms with E-state index >= 15 is 0 Å². The minimum atomic E-state index is 0.500. The van der Waals surface area contributed by atoms with Gasteiger partial charge in [-0.05, 0) is 6.42 Å². The normalized spacial score (nSPS) is 8.89. The molecule has 0 saturated heterocycles. The van der Waals surface area contributed by atoms with E-state index in [0.717, 1.165) is 18.7 Å². The third-order valence-electron chi connectivity index (χ3n) is 0.826. The fourth-order valence-electron chi connectivity index (χ4n) is 0.431. The molecule has 0 spiro atoms. The smallest absolute Gasteiger partial charge is 0.0232 e.